The molecule has 7 heteroatoms. The van der Waals surface area contributed by atoms with Crippen molar-refractivity contribution in [3.63, 3.8) is 0 Å². The molecule has 0 aromatic carbocycles. The van der Waals surface area contributed by atoms with Crippen molar-refractivity contribution in [3.8, 4) is 0 Å². The van der Waals surface area contributed by atoms with E-state index in [4.69, 9.17) is 15.3 Å². The topological polar surface area (TPSA) is 112 Å². The molecule has 0 bridgehead atoms. The number of carbonyl (C=O) groups is 3. The van der Waals surface area contributed by atoms with Crippen LogP contribution >= 0.6 is 0 Å². The van der Waals surface area contributed by atoms with E-state index in [9.17, 15) is 14.4 Å². The molecule has 0 saturated heterocycles. The summed E-state index contributed by atoms with van der Waals surface area (Å²) in [6.45, 7) is 0.777. The van der Waals surface area contributed by atoms with Gasteiger partial charge in [-0.1, -0.05) is 122 Å². The molecule has 7 nitrogen and oxygen atoms in total. The van der Waals surface area contributed by atoms with Crippen LogP contribution < -0.4 is 0 Å². The first-order valence-electron chi connectivity index (χ1n) is 14.5. The maximum atomic E-state index is 11.2. The summed E-state index contributed by atoms with van der Waals surface area (Å²) in [4.78, 5) is 33.5. The molecule has 0 aromatic rings. The van der Waals surface area contributed by atoms with E-state index >= 15 is 0 Å². The third kappa shape index (κ3) is 22.6. The summed E-state index contributed by atoms with van der Waals surface area (Å²) >= 11 is 0. The van der Waals surface area contributed by atoms with Crippen LogP contribution in [-0.4, -0.2) is 63.9 Å². The number of aliphatic carboxylic acids is 3. The molecule has 0 saturated carbocycles. The highest BCUT2D eigenvalue weighted by Crippen LogP contribution is 2.15. The van der Waals surface area contributed by atoms with Gasteiger partial charge in [0.25, 0.3) is 0 Å². The Morgan fingerprint density at radius 1 is 0.500 bits per heavy atom. The molecular formula is C29H54NO6+. The van der Waals surface area contributed by atoms with E-state index in [-0.39, 0.29) is 6.54 Å². The minimum atomic E-state index is -1.20. The van der Waals surface area contributed by atoms with Crippen molar-refractivity contribution in [3.05, 3.63) is 12.2 Å². The SMILES string of the molecule is CCCCCCCCCCCCCCCCCCCC/C=C/C[N+](CC(=O)O)(CC(=O)O)CC(=O)O. The normalized spacial score (nSPS) is 11.8. The second-order valence-electron chi connectivity index (χ2n) is 10.5. The van der Waals surface area contributed by atoms with E-state index in [0.29, 0.717) is 0 Å². The molecule has 0 aliphatic heterocycles. The summed E-state index contributed by atoms with van der Waals surface area (Å²) < 4.78 is -0.518. The second-order valence-corrected chi connectivity index (χ2v) is 10.5. The first-order chi connectivity index (χ1) is 17.3. The van der Waals surface area contributed by atoms with E-state index < -0.39 is 42.0 Å². The molecule has 36 heavy (non-hydrogen) atoms. The monoisotopic (exact) mass is 512 g/mol. The van der Waals surface area contributed by atoms with Crippen LogP contribution in [0.3, 0.4) is 0 Å². The van der Waals surface area contributed by atoms with Crippen molar-refractivity contribution in [2.24, 2.45) is 0 Å². The lowest BCUT2D eigenvalue weighted by Gasteiger charge is -2.33. The minimum absolute atomic E-state index is 0.0872. The minimum Gasteiger partial charge on any atom is -0.477 e. The van der Waals surface area contributed by atoms with Crippen molar-refractivity contribution in [1.82, 2.24) is 0 Å². The van der Waals surface area contributed by atoms with Gasteiger partial charge in [-0.15, -0.1) is 0 Å². The Kier molecular flexibility index (Phi) is 22.3. The standard InChI is InChI=1S/C29H53NO6/c1-2-3-4-5-6-7-8-9-10-11-12-13-14-15-16-17-18-19-20-21-22-23-30(24-27(31)32,25-28(33)34)26-29(35)36/h21-22H,2-20,23-26H2,1H3,(H2-,31,32,33,34,35,36)/p+1/b22-21+. The highest BCUT2D eigenvalue weighted by molar-refractivity contribution is 5.73. The number of allylic oxidation sites excluding steroid dienone is 1. The van der Waals surface area contributed by atoms with Gasteiger partial charge in [0, 0.05) is 0 Å². The average Bonchev–Trinajstić information content (AvgIpc) is 2.78. The molecular weight excluding hydrogens is 458 g/mol. The quantitative estimate of drug-likeness (QED) is 0.0618. The summed E-state index contributed by atoms with van der Waals surface area (Å²) in [6.07, 6.45) is 28.5. The van der Waals surface area contributed by atoms with Gasteiger partial charge in [0.15, 0.2) is 19.6 Å². The Morgan fingerprint density at radius 3 is 1.11 bits per heavy atom. The van der Waals surface area contributed by atoms with Gasteiger partial charge < -0.3 is 15.3 Å². The van der Waals surface area contributed by atoms with Crippen molar-refractivity contribution >= 4 is 17.9 Å². The fourth-order valence-electron chi connectivity index (χ4n) is 4.80. The van der Waals surface area contributed by atoms with Gasteiger partial charge in [-0.25, -0.2) is 14.4 Å². The number of hydrogen-bond donors (Lipinski definition) is 3. The summed E-state index contributed by atoms with van der Waals surface area (Å²) in [5.41, 5.74) is 0. The summed E-state index contributed by atoms with van der Waals surface area (Å²) in [5.74, 6) is -3.60. The maximum Gasteiger partial charge on any atom is 0.359 e. The molecule has 0 radical (unpaired) electrons. The van der Waals surface area contributed by atoms with Gasteiger partial charge in [-0.3, -0.25) is 4.48 Å². The van der Waals surface area contributed by atoms with Crippen LogP contribution in [0.2, 0.25) is 0 Å². The number of hydrogen-bond acceptors (Lipinski definition) is 3. The molecule has 0 aromatic heterocycles. The molecule has 210 valence electrons. The van der Waals surface area contributed by atoms with E-state index in [1.165, 1.54) is 103 Å². The molecule has 0 spiro atoms. The summed E-state index contributed by atoms with van der Waals surface area (Å²) in [5, 5.41) is 27.4. The molecule has 0 heterocycles. The van der Waals surface area contributed by atoms with E-state index in [1.807, 2.05) is 6.08 Å². The number of nitrogens with zero attached hydrogens (tertiary/aromatic N) is 1. The molecule has 0 unspecified atom stereocenters. The fourth-order valence-corrected chi connectivity index (χ4v) is 4.80. The molecule has 0 aliphatic carbocycles. The largest absolute Gasteiger partial charge is 0.477 e. The first-order valence-corrected chi connectivity index (χ1v) is 14.5. The Bertz CT molecular complexity index is 564. The number of carboxylic acids is 3. The van der Waals surface area contributed by atoms with Crippen LogP contribution in [0.15, 0.2) is 12.2 Å². The number of unbranched alkanes of at least 4 members (excludes halogenated alkanes) is 18. The average molecular weight is 513 g/mol. The molecule has 0 rings (SSSR count). The zero-order chi connectivity index (χ0) is 26.9. The summed E-state index contributed by atoms with van der Waals surface area (Å²) in [7, 11) is 0. The number of rotatable bonds is 27. The number of quaternary nitrogens is 1. The zero-order valence-corrected chi connectivity index (χ0v) is 22.9. The van der Waals surface area contributed by atoms with Crippen LogP contribution in [0.25, 0.3) is 0 Å². The van der Waals surface area contributed by atoms with Gasteiger partial charge in [0.05, 0.1) is 6.54 Å². The first kappa shape index (κ1) is 34.1. The van der Waals surface area contributed by atoms with Gasteiger partial charge in [0.1, 0.15) is 0 Å². The molecule has 0 aliphatic rings. The van der Waals surface area contributed by atoms with E-state index in [0.717, 1.165) is 19.3 Å². The molecule has 0 atom stereocenters. The molecule has 0 amide bonds. The summed E-state index contributed by atoms with van der Waals surface area (Å²) in [6, 6.07) is 0. The zero-order valence-electron chi connectivity index (χ0n) is 22.9. The van der Waals surface area contributed by atoms with Gasteiger partial charge in [0.2, 0.25) is 0 Å². The lowest BCUT2D eigenvalue weighted by molar-refractivity contribution is -0.902. The Hall–Kier alpha value is -1.89. The molecule has 0 fully saturated rings. The smallest absolute Gasteiger partial charge is 0.359 e. The van der Waals surface area contributed by atoms with Crippen LogP contribution in [0.5, 0.6) is 0 Å². The van der Waals surface area contributed by atoms with Crippen LogP contribution in [-0.2, 0) is 14.4 Å². The lowest BCUT2D eigenvalue weighted by Crippen LogP contribution is -2.56. The third-order valence-electron chi connectivity index (χ3n) is 6.80. The lowest BCUT2D eigenvalue weighted by atomic mass is 10.0. The molecule has 3 N–H and O–H groups in total. The maximum absolute atomic E-state index is 11.2. The van der Waals surface area contributed by atoms with Gasteiger partial charge >= 0.3 is 17.9 Å². The second kappa shape index (κ2) is 23.5. The van der Waals surface area contributed by atoms with Crippen LogP contribution in [0.1, 0.15) is 129 Å². The van der Waals surface area contributed by atoms with Crippen molar-refractivity contribution in [1.29, 1.82) is 0 Å². The third-order valence-corrected chi connectivity index (χ3v) is 6.80. The predicted molar refractivity (Wildman–Crippen MR) is 145 cm³/mol. The fraction of sp³-hybridized carbons (Fsp3) is 0.828. The van der Waals surface area contributed by atoms with Crippen LogP contribution in [0.4, 0.5) is 0 Å². The highest BCUT2D eigenvalue weighted by atomic mass is 16.4. The Morgan fingerprint density at radius 2 is 0.806 bits per heavy atom. The van der Waals surface area contributed by atoms with E-state index in [1.54, 1.807) is 6.08 Å². The van der Waals surface area contributed by atoms with Crippen molar-refractivity contribution in [2.45, 2.75) is 129 Å². The Balaban J connectivity index is 3.72. The van der Waals surface area contributed by atoms with Gasteiger partial charge in [-0.05, 0) is 18.9 Å². The number of carboxylic acid groups (broad SMARTS) is 3. The highest BCUT2D eigenvalue weighted by Gasteiger charge is 2.34. The Labute approximate surface area is 219 Å². The van der Waals surface area contributed by atoms with Crippen LogP contribution in [0, 0.1) is 0 Å². The van der Waals surface area contributed by atoms with Gasteiger partial charge in [-0.2, -0.15) is 0 Å². The predicted octanol–water partition coefficient (Wildman–Crippen LogP) is 7.05. The van der Waals surface area contributed by atoms with E-state index in [2.05, 4.69) is 6.92 Å². The van der Waals surface area contributed by atoms with Crippen molar-refractivity contribution in [2.75, 3.05) is 26.2 Å². The van der Waals surface area contributed by atoms with Crippen molar-refractivity contribution < 1.29 is 34.2 Å².